The van der Waals surface area contributed by atoms with Gasteiger partial charge in [-0.2, -0.15) is 0 Å². The maximum Gasteiger partial charge on any atom is 0.243 e. The Kier molecular flexibility index (Phi) is 6.79. The summed E-state index contributed by atoms with van der Waals surface area (Å²) in [6.07, 6.45) is -0.618. The molecule has 1 saturated heterocycles. The minimum atomic E-state index is -2.27. The number of aromatic nitrogens is 1. The van der Waals surface area contributed by atoms with E-state index in [4.69, 9.17) is 0 Å². The van der Waals surface area contributed by atoms with E-state index in [2.05, 4.69) is 10.3 Å². The Bertz CT molecular complexity index is 298. The first-order valence-corrected chi connectivity index (χ1v) is 4.69. The van der Waals surface area contributed by atoms with Crippen LogP contribution in [0, 0.1) is 5.92 Å². The SMILES string of the molecule is Cl.Cl.FC(F)C1CNCC1c1ccccn1. The molecule has 0 radical (unpaired) electrons. The number of rotatable bonds is 2. The number of hydrogen-bond donors (Lipinski definition) is 1. The summed E-state index contributed by atoms with van der Waals surface area (Å²) in [6.45, 7) is 0.991. The van der Waals surface area contributed by atoms with Gasteiger partial charge in [0.1, 0.15) is 0 Å². The lowest BCUT2D eigenvalue weighted by Gasteiger charge is -2.16. The zero-order chi connectivity index (χ0) is 9.97. The van der Waals surface area contributed by atoms with Gasteiger partial charge in [0.05, 0.1) is 0 Å². The third-order valence-corrected chi connectivity index (χ3v) is 2.65. The number of halogens is 4. The second-order valence-corrected chi connectivity index (χ2v) is 3.52. The summed E-state index contributed by atoms with van der Waals surface area (Å²) in [4.78, 5) is 4.12. The quantitative estimate of drug-likeness (QED) is 0.894. The Hall–Kier alpha value is -0.450. The molecule has 1 fully saturated rings. The van der Waals surface area contributed by atoms with Gasteiger partial charge in [-0.05, 0) is 12.1 Å². The molecule has 2 heterocycles. The van der Waals surface area contributed by atoms with Gasteiger partial charge in [0.25, 0.3) is 0 Å². The first-order valence-electron chi connectivity index (χ1n) is 4.69. The van der Waals surface area contributed by atoms with Gasteiger partial charge < -0.3 is 5.32 Å². The van der Waals surface area contributed by atoms with Gasteiger partial charge in [-0.3, -0.25) is 4.98 Å². The van der Waals surface area contributed by atoms with E-state index in [-0.39, 0.29) is 30.7 Å². The summed E-state index contributed by atoms with van der Waals surface area (Å²) < 4.78 is 25.2. The third kappa shape index (κ3) is 3.27. The molecule has 1 aliphatic heterocycles. The summed E-state index contributed by atoms with van der Waals surface area (Å²) in [6, 6.07) is 5.44. The molecular weight excluding hydrogens is 257 g/mol. The molecule has 92 valence electrons. The number of nitrogens with one attached hydrogen (secondary N) is 1. The number of hydrogen-bond acceptors (Lipinski definition) is 2. The molecule has 2 atom stereocenters. The maximum atomic E-state index is 12.6. The van der Waals surface area contributed by atoms with Gasteiger partial charge in [0, 0.05) is 36.8 Å². The van der Waals surface area contributed by atoms with Crippen molar-refractivity contribution in [3.63, 3.8) is 0 Å². The van der Waals surface area contributed by atoms with Crippen molar-refractivity contribution in [2.24, 2.45) is 5.92 Å². The van der Waals surface area contributed by atoms with Crippen LogP contribution in [0.3, 0.4) is 0 Å². The van der Waals surface area contributed by atoms with Crippen LogP contribution in [-0.4, -0.2) is 24.5 Å². The van der Waals surface area contributed by atoms with Gasteiger partial charge >= 0.3 is 0 Å². The predicted molar refractivity (Wildman–Crippen MR) is 63.8 cm³/mol. The Balaban J connectivity index is 0.00000112. The molecule has 16 heavy (non-hydrogen) atoms. The lowest BCUT2D eigenvalue weighted by atomic mass is 9.93. The molecule has 0 spiro atoms. The second kappa shape index (κ2) is 6.99. The van der Waals surface area contributed by atoms with Crippen LogP contribution >= 0.6 is 24.8 Å². The van der Waals surface area contributed by atoms with E-state index < -0.39 is 12.3 Å². The summed E-state index contributed by atoms with van der Waals surface area (Å²) in [5.74, 6) is -0.735. The minimum absolute atomic E-state index is 0. The molecule has 0 aromatic carbocycles. The van der Waals surface area contributed by atoms with Crippen LogP contribution in [0.1, 0.15) is 11.6 Å². The molecular formula is C10H14Cl2F2N2. The average Bonchev–Trinajstić information content (AvgIpc) is 2.67. The monoisotopic (exact) mass is 270 g/mol. The van der Waals surface area contributed by atoms with E-state index in [0.717, 1.165) is 5.69 Å². The Morgan fingerprint density at radius 3 is 2.56 bits per heavy atom. The highest BCUT2D eigenvalue weighted by Gasteiger charge is 2.35. The molecule has 0 saturated carbocycles. The Labute approximate surface area is 106 Å². The van der Waals surface area contributed by atoms with E-state index in [1.807, 2.05) is 12.1 Å². The number of nitrogens with zero attached hydrogens (tertiary/aromatic N) is 1. The Morgan fingerprint density at radius 2 is 2.00 bits per heavy atom. The lowest BCUT2D eigenvalue weighted by molar-refractivity contribution is 0.0781. The van der Waals surface area contributed by atoms with Crippen molar-refractivity contribution in [1.82, 2.24) is 10.3 Å². The zero-order valence-electron chi connectivity index (χ0n) is 8.48. The molecule has 0 aliphatic carbocycles. The summed E-state index contributed by atoms with van der Waals surface area (Å²) in [5, 5.41) is 2.98. The van der Waals surface area contributed by atoms with Gasteiger partial charge in [-0.25, -0.2) is 8.78 Å². The molecule has 0 amide bonds. The molecule has 1 aliphatic rings. The van der Waals surface area contributed by atoms with Crippen molar-refractivity contribution >= 4 is 24.8 Å². The van der Waals surface area contributed by atoms with Gasteiger partial charge in [0.2, 0.25) is 6.43 Å². The second-order valence-electron chi connectivity index (χ2n) is 3.52. The largest absolute Gasteiger partial charge is 0.316 e. The van der Waals surface area contributed by atoms with Crippen molar-refractivity contribution in [2.45, 2.75) is 12.3 Å². The fraction of sp³-hybridized carbons (Fsp3) is 0.500. The molecule has 2 nitrogen and oxygen atoms in total. The van der Waals surface area contributed by atoms with E-state index in [0.29, 0.717) is 13.1 Å². The number of alkyl halides is 2. The van der Waals surface area contributed by atoms with Crippen LogP contribution in [0.2, 0.25) is 0 Å². The molecule has 6 heteroatoms. The molecule has 1 aromatic heterocycles. The fourth-order valence-electron chi connectivity index (χ4n) is 1.88. The molecule has 2 rings (SSSR count). The topological polar surface area (TPSA) is 24.9 Å². The molecule has 1 aromatic rings. The third-order valence-electron chi connectivity index (χ3n) is 2.65. The maximum absolute atomic E-state index is 12.6. The number of pyridine rings is 1. The van der Waals surface area contributed by atoms with Gasteiger partial charge in [-0.15, -0.1) is 24.8 Å². The van der Waals surface area contributed by atoms with Crippen LogP contribution in [-0.2, 0) is 0 Å². The molecule has 0 bridgehead atoms. The molecule has 2 unspecified atom stereocenters. The van der Waals surface area contributed by atoms with Crippen molar-refractivity contribution in [2.75, 3.05) is 13.1 Å². The molecule has 1 N–H and O–H groups in total. The average molecular weight is 271 g/mol. The van der Waals surface area contributed by atoms with Crippen molar-refractivity contribution in [1.29, 1.82) is 0 Å². The van der Waals surface area contributed by atoms with Gasteiger partial charge in [-0.1, -0.05) is 6.07 Å². The first kappa shape index (κ1) is 15.6. The van der Waals surface area contributed by atoms with Crippen LogP contribution in [0.15, 0.2) is 24.4 Å². The van der Waals surface area contributed by atoms with Crippen molar-refractivity contribution in [3.8, 4) is 0 Å². The van der Waals surface area contributed by atoms with E-state index in [1.54, 1.807) is 12.3 Å². The van der Waals surface area contributed by atoms with Crippen LogP contribution in [0.25, 0.3) is 0 Å². The first-order chi connectivity index (χ1) is 6.79. The summed E-state index contributed by atoms with van der Waals surface area (Å²) in [7, 11) is 0. The fourth-order valence-corrected chi connectivity index (χ4v) is 1.88. The van der Waals surface area contributed by atoms with Crippen LogP contribution in [0.5, 0.6) is 0 Å². The van der Waals surface area contributed by atoms with E-state index >= 15 is 0 Å². The smallest absolute Gasteiger partial charge is 0.243 e. The van der Waals surface area contributed by atoms with E-state index in [1.165, 1.54) is 0 Å². The summed E-state index contributed by atoms with van der Waals surface area (Å²) >= 11 is 0. The highest BCUT2D eigenvalue weighted by Crippen LogP contribution is 2.30. The standard InChI is InChI=1S/C10H12F2N2.2ClH/c11-10(12)8-6-13-5-7(8)9-3-1-2-4-14-9;;/h1-4,7-8,10,13H,5-6H2;2*1H. The van der Waals surface area contributed by atoms with Crippen LogP contribution < -0.4 is 5.32 Å². The highest BCUT2D eigenvalue weighted by atomic mass is 35.5. The minimum Gasteiger partial charge on any atom is -0.316 e. The van der Waals surface area contributed by atoms with Crippen LogP contribution in [0.4, 0.5) is 8.78 Å². The zero-order valence-corrected chi connectivity index (χ0v) is 10.1. The van der Waals surface area contributed by atoms with E-state index in [9.17, 15) is 8.78 Å². The normalized spacial score (nSPS) is 23.7. The Morgan fingerprint density at radius 1 is 1.25 bits per heavy atom. The predicted octanol–water partition coefficient (Wildman–Crippen LogP) is 2.49. The van der Waals surface area contributed by atoms with Crippen molar-refractivity contribution in [3.05, 3.63) is 30.1 Å². The lowest BCUT2D eigenvalue weighted by Crippen LogP contribution is -2.19. The highest BCUT2D eigenvalue weighted by molar-refractivity contribution is 5.85. The van der Waals surface area contributed by atoms with Crippen molar-refractivity contribution < 1.29 is 8.78 Å². The summed E-state index contributed by atoms with van der Waals surface area (Å²) in [5.41, 5.74) is 0.766. The van der Waals surface area contributed by atoms with Gasteiger partial charge in [0.15, 0.2) is 0 Å².